The zero-order chi connectivity index (χ0) is 22.7. The normalized spacial score (nSPS) is 11.7. The Morgan fingerprint density at radius 2 is 1.62 bits per heavy atom. The van der Waals surface area contributed by atoms with Crippen LogP contribution in [0.25, 0.3) is 22.2 Å². The second kappa shape index (κ2) is 9.01. The van der Waals surface area contributed by atoms with E-state index in [0.29, 0.717) is 11.3 Å². The molecule has 0 unspecified atom stereocenters. The third-order valence-electron chi connectivity index (χ3n) is 5.48. The average Bonchev–Trinajstić information content (AvgIpc) is 3.12. The van der Waals surface area contributed by atoms with Crippen molar-refractivity contribution in [1.82, 2.24) is 4.57 Å². The standard InChI is InChI=1S/C26H26N2O3S/c1-19(2)32(30,31)18-20-9-8-13-23(15-20)27-26(29)17-28-24-14-7-6-12-22(24)16-25(28)21-10-4-3-5-11-21/h3-16,19H,17-18H2,1-2H3,(H,27,29). The second-order valence-corrected chi connectivity index (χ2v) is 10.7. The predicted octanol–water partition coefficient (Wildman–Crippen LogP) is 5.27. The Hall–Kier alpha value is -3.38. The molecule has 164 valence electrons. The summed E-state index contributed by atoms with van der Waals surface area (Å²) >= 11 is 0. The highest BCUT2D eigenvalue weighted by Crippen LogP contribution is 2.28. The zero-order valence-corrected chi connectivity index (χ0v) is 19.0. The Bertz CT molecular complexity index is 1360. The molecule has 0 saturated heterocycles. The lowest BCUT2D eigenvalue weighted by Gasteiger charge is -2.13. The van der Waals surface area contributed by atoms with Crippen molar-refractivity contribution in [2.45, 2.75) is 31.4 Å². The third kappa shape index (κ3) is 4.75. The lowest BCUT2D eigenvalue weighted by molar-refractivity contribution is -0.116. The summed E-state index contributed by atoms with van der Waals surface area (Å²) in [6, 6.07) is 27.1. The van der Waals surface area contributed by atoms with E-state index < -0.39 is 15.1 Å². The summed E-state index contributed by atoms with van der Waals surface area (Å²) < 4.78 is 26.5. The molecule has 0 spiro atoms. The largest absolute Gasteiger partial charge is 0.331 e. The number of aromatic nitrogens is 1. The summed E-state index contributed by atoms with van der Waals surface area (Å²) in [4.78, 5) is 13.0. The quantitative estimate of drug-likeness (QED) is 0.420. The number of carbonyl (C=O) groups is 1. The molecular formula is C26H26N2O3S. The lowest BCUT2D eigenvalue weighted by Crippen LogP contribution is -2.19. The molecule has 3 aromatic carbocycles. The van der Waals surface area contributed by atoms with Crippen molar-refractivity contribution >= 4 is 32.3 Å². The van der Waals surface area contributed by atoms with E-state index in [1.165, 1.54) is 0 Å². The highest BCUT2D eigenvalue weighted by atomic mass is 32.2. The van der Waals surface area contributed by atoms with E-state index in [9.17, 15) is 13.2 Å². The number of rotatable bonds is 7. The number of carbonyl (C=O) groups excluding carboxylic acids is 1. The van der Waals surface area contributed by atoms with E-state index in [-0.39, 0.29) is 18.2 Å². The molecule has 4 aromatic rings. The number of sulfone groups is 1. The monoisotopic (exact) mass is 446 g/mol. The number of anilines is 1. The molecule has 1 N–H and O–H groups in total. The van der Waals surface area contributed by atoms with Gasteiger partial charge >= 0.3 is 0 Å². The summed E-state index contributed by atoms with van der Waals surface area (Å²) in [6.45, 7) is 3.49. The van der Waals surface area contributed by atoms with E-state index >= 15 is 0 Å². The van der Waals surface area contributed by atoms with Crippen LogP contribution in [0.2, 0.25) is 0 Å². The van der Waals surface area contributed by atoms with Crippen molar-refractivity contribution in [1.29, 1.82) is 0 Å². The summed E-state index contributed by atoms with van der Waals surface area (Å²) in [5, 5.41) is 3.55. The number of nitrogens with zero attached hydrogens (tertiary/aromatic N) is 1. The minimum absolute atomic E-state index is 0.0469. The van der Waals surface area contributed by atoms with Crippen molar-refractivity contribution < 1.29 is 13.2 Å². The second-order valence-electron chi connectivity index (χ2n) is 8.15. The van der Waals surface area contributed by atoms with Crippen LogP contribution in [0, 0.1) is 0 Å². The van der Waals surface area contributed by atoms with Crippen molar-refractivity contribution in [2.24, 2.45) is 0 Å². The predicted molar refractivity (Wildman–Crippen MR) is 130 cm³/mol. The van der Waals surface area contributed by atoms with Gasteiger partial charge in [0.1, 0.15) is 6.54 Å². The van der Waals surface area contributed by atoms with E-state index in [1.54, 1.807) is 38.1 Å². The first-order valence-electron chi connectivity index (χ1n) is 10.6. The number of hydrogen-bond acceptors (Lipinski definition) is 3. The maximum atomic E-state index is 13.0. The Labute approximate surface area is 188 Å². The lowest BCUT2D eigenvalue weighted by atomic mass is 10.1. The molecule has 0 aliphatic rings. The van der Waals surface area contributed by atoms with Gasteiger partial charge in [-0.25, -0.2) is 8.42 Å². The molecule has 0 atom stereocenters. The Kier molecular flexibility index (Phi) is 6.15. The molecular weight excluding hydrogens is 420 g/mol. The fourth-order valence-corrected chi connectivity index (χ4v) is 4.69. The molecule has 32 heavy (non-hydrogen) atoms. The molecule has 1 heterocycles. The summed E-state index contributed by atoms with van der Waals surface area (Å²) in [6.07, 6.45) is 0. The maximum Gasteiger partial charge on any atom is 0.244 e. The first-order chi connectivity index (χ1) is 15.3. The van der Waals surface area contributed by atoms with Crippen LogP contribution in [0.15, 0.2) is 84.9 Å². The molecule has 0 radical (unpaired) electrons. The zero-order valence-electron chi connectivity index (χ0n) is 18.2. The van der Waals surface area contributed by atoms with Gasteiger partial charge in [-0.05, 0) is 49.2 Å². The fourth-order valence-electron chi connectivity index (χ4n) is 3.71. The molecule has 1 amide bonds. The Balaban J connectivity index is 1.59. The van der Waals surface area contributed by atoms with Crippen LogP contribution in [0.1, 0.15) is 19.4 Å². The highest BCUT2D eigenvalue weighted by Gasteiger charge is 2.17. The Morgan fingerprint density at radius 3 is 2.38 bits per heavy atom. The first-order valence-corrected chi connectivity index (χ1v) is 12.3. The minimum Gasteiger partial charge on any atom is -0.331 e. The van der Waals surface area contributed by atoms with Gasteiger partial charge in [-0.1, -0.05) is 60.7 Å². The van der Waals surface area contributed by atoms with Crippen LogP contribution in [0.3, 0.4) is 0 Å². The van der Waals surface area contributed by atoms with Crippen molar-refractivity contribution in [3.05, 3.63) is 90.5 Å². The molecule has 0 bridgehead atoms. The minimum atomic E-state index is -3.21. The molecule has 0 aliphatic heterocycles. The topological polar surface area (TPSA) is 68.2 Å². The van der Waals surface area contributed by atoms with Gasteiger partial charge in [0.15, 0.2) is 9.84 Å². The van der Waals surface area contributed by atoms with Crippen LogP contribution in [0.4, 0.5) is 5.69 Å². The Morgan fingerprint density at radius 1 is 0.906 bits per heavy atom. The van der Waals surface area contributed by atoms with Gasteiger partial charge in [0, 0.05) is 22.3 Å². The summed E-state index contributed by atoms with van der Waals surface area (Å²) in [5.74, 6) is -0.221. The van der Waals surface area contributed by atoms with Gasteiger partial charge in [-0.15, -0.1) is 0 Å². The van der Waals surface area contributed by atoms with E-state index in [4.69, 9.17) is 0 Å². The maximum absolute atomic E-state index is 13.0. The first kappa shape index (κ1) is 21.8. The SMILES string of the molecule is CC(C)S(=O)(=O)Cc1cccc(NC(=O)Cn2c(-c3ccccc3)cc3ccccc32)c1. The number of benzene rings is 3. The number of hydrogen-bond donors (Lipinski definition) is 1. The molecule has 5 nitrogen and oxygen atoms in total. The smallest absolute Gasteiger partial charge is 0.244 e. The van der Waals surface area contributed by atoms with E-state index in [1.807, 2.05) is 59.2 Å². The van der Waals surface area contributed by atoms with Crippen LogP contribution in [0.5, 0.6) is 0 Å². The van der Waals surface area contributed by atoms with Crippen molar-refractivity contribution in [3.63, 3.8) is 0 Å². The van der Waals surface area contributed by atoms with Crippen LogP contribution < -0.4 is 5.32 Å². The van der Waals surface area contributed by atoms with Crippen LogP contribution >= 0.6 is 0 Å². The van der Waals surface area contributed by atoms with Crippen LogP contribution in [-0.4, -0.2) is 24.1 Å². The van der Waals surface area contributed by atoms with Crippen molar-refractivity contribution in [3.8, 4) is 11.3 Å². The van der Waals surface area contributed by atoms with Crippen molar-refractivity contribution in [2.75, 3.05) is 5.32 Å². The molecule has 1 aromatic heterocycles. The average molecular weight is 447 g/mol. The van der Waals surface area contributed by atoms with Crippen LogP contribution in [-0.2, 0) is 26.9 Å². The molecule has 4 rings (SSSR count). The van der Waals surface area contributed by atoms with Gasteiger partial charge < -0.3 is 9.88 Å². The number of nitrogens with one attached hydrogen (secondary N) is 1. The summed E-state index contributed by atoms with van der Waals surface area (Å²) in [5.41, 5.74) is 4.24. The molecule has 0 aliphatic carbocycles. The number of amides is 1. The van der Waals surface area contributed by atoms with Gasteiger partial charge in [-0.3, -0.25) is 4.79 Å². The molecule has 0 fully saturated rings. The van der Waals surface area contributed by atoms with Gasteiger partial charge in [0.2, 0.25) is 5.91 Å². The van der Waals surface area contributed by atoms with Gasteiger partial charge in [0.05, 0.1) is 11.0 Å². The van der Waals surface area contributed by atoms with E-state index in [2.05, 4.69) is 11.4 Å². The number of fused-ring (bicyclic) bond motifs is 1. The molecule has 6 heteroatoms. The third-order valence-corrected chi connectivity index (χ3v) is 7.65. The fraction of sp³-hybridized carbons (Fsp3) is 0.192. The van der Waals surface area contributed by atoms with Gasteiger partial charge in [-0.2, -0.15) is 0 Å². The summed E-state index contributed by atoms with van der Waals surface area (Å²) in [7, 11) is -3.21. The molecule has 0 saturated carbocycles. The van der Waals surface area contributed by atoms with Gasteiger partial charge in [0.25, 0.3) is 0 Å². The highest BCUT2D eigenvalue weighted by molar-refractivity contribution is 7.91. The number of para-hydroxylation sites is 1. The van der Waals surface area contributed by atoms with E-state index in [0.717, 1.165) is 22.2 Å².